The zero-order valence-electron chi connectivity index (χ0n) is 16.6. The zero-order chi connectivity index (χ0) is 19.5. The summed E-state index contributed by atoms with van der Waals surface area (Å²) in [6.07, 6.45) is 8.03. The van der Waals surface area contributed by atoms with Crippen LogP contribution in [0.4, 0.5) is 11.5 Å². The van der Waals surface area contributed by atoms with Crippen LogP contribution >= 0.6 is 0 Å². The molecule has 4 bridgehead atoms. The molecule has 2 atom stereocenters. The van der Waals surface area contributed by atoms with E-state index in [1.54, 1.807) is 4.57 Å². The molecule has 1 aromatic rings. The highest BCUT2D eigenvalue weighted by atomic mass is 16.2. The second-order valence-corrected chi connectivity index (χ2v) is 9.40. The Hall–Kier alpha value is -2.05. The number of amides is 1. The molecule has 1 amide bonds. The largest absolute Gasteiger partial charge is 0.369 e. The molecule has 2 N–H and O–H groups in total. The Morgan fingerprint density at radius 2 is 1.96 bits per heavy atom. The van der Waals surface area contributed by atoms with Crippen LogP contribution in [0.3, 0.4) is 0 Å². The highest BCUT2D eigenvalue weighted by Crippen LogP contribution is 2.65. The van der Waals surface area contributed by atoms with Crippen LogP contribution in [-0.4, -0.2) is 21.6 Å². The number of rotatable bonds is 5. The fourth-order valence-corrected chi connectivity index (χ4v) is 6.57. The summed E-state index contributed by atoms with van der Waals surface area (Å²) in [5, 5.41) is 6.24. The Kier molecular flexibility index (Phi) is 4.18. The van der Waals surface area contributed by atoms with Gasteiger partial charge >= 0.3 is 5.69 Å². The van der Waals surface area contributed by atoms with Gasteiger partial charge in [-0.25, -0.2) is 4.79 Å². The average molecular weight is 386 g/mol. The smallest absolute Gasteiger partial charge is 0.332 e. The van der Waals surface area contributed by atoms with Crippen LogP contribution in [0.5, 0.6) is 0 Å². The molecular weight excluding hydrogens is 356 g/mol. The van der Waals surface area contributed by atoms with Crippen LogP contribution in [-0.2, 0) is 17.9 Å². The Bertz CT molecular complexity index is 917. The van der Waals surface area contributed by atoms with E-state index in [9.17, 15) is 14.4 Å². The number of fused-ring (bicyclic) bond motifs is 1. The number of nitrogens with zero attached hydrogens (tertiary/aromatic N) is 2. The molecule has 28 heavy (non-hydrogen) atoms. The van der Waals surface area contributed by atoms with Gasteiger partial charge in [0.25, 0.3) is 5.56 Å². The molecule has 7 heteroatoms. The van der Waals surface area contributed by atoms with Crippen LogP contribution in [0.1, 0.15) is 58.3 Å². The van der Waals surface area contributed by atoms with Gasteiger partial charge in [-0.1, -0.05) is 13.3 Å². The Morgan fingerprint density at radius 3 is 2.68 bits per heavy atom. The average Bonchev–Trinajstić information content (AvgIpc) is 3.10. The molecule has 0 aromatic carbocycles. The van der Waals surface area contributed by atoms with Gasteiger partial charge in [0.2, 0.25) is 5.91 Å². The second-order valence-electron chi connectivity index (χ2n) is 9.40. The molecule has 6 rings (SSSR count). The van der Waals surface area contributed by atoms with Crippen molar-refractivity contribution in [1.29, 1.82) is 0 Å². The Morgan fingerprint density at radius 1 is 1.21 bits per heavy atom. The van der Waals surface area contributed by atoms with Gasteiger partial charge in [0.1, 0.15) is 11.5 Å². The fraction of sp³-hybridized carbons (Fsp3) is 0.762. The van der Waals surface area contributed by atoms with Gasteiger partial charge < -0.3 is 10.6 Å². The molecule has 152 valence electrons. The normalized spacial score (nSPS) is 32.2. The minimum Gasteiger partial charge on any atom is -0.369 e. The third-order valence-electron chi connectivity index (χ3n) is 7.69. The van der Waals surface area contributed by atoms with Gasteiger partial charge in [-0.15, -0.1) is 0 Å². The maximum atomic E-state index is 13.5. The Balaban J connectivity index is 1.53. The zero-order valence-corrected chi connectivity index (χ0v) is 16.6. The van der Waals surface area contributed by atoms with E-state index in [-0.39, 0.29) is 28.3 Å². The van der Waals surface area contributed by atoms with Crippen molar-refractivity contribution >= 4 is 17.4 Å². The molecule has 4 fully saturated rings. The summed E-state index contributed by atoms with van der Waals surface area (Å²) in [6, 6.07) is 0. The van der Waals surface area contributed by atoms with E-state index in [2.05, 4.69) is 10.6 Å². The van der Waals surface area contributed by atoms with E-state index in [1.165, 1.54) is 11.0 Å². The summed E-state index contributed by atoms with van der Waals surface area (Å²) < 4.78 is 2.94. The first kappa shape index (κ1) is 18.0. The number of hydrogen-bond donors (Lipinski definition) is 2. The lowest BCUT2D eigenvalue weighted by atomic mass is 9.75. The van der Waals surface area contributed by atoms with Crippen molar-refractivity contribution < 1.29 is 4.79 Å². The summed E-state index contributed by atoms with van der Waals surface area (Å²) in [5.74, 6) is 2.32. The number of carbonyl (C=O) groups excluding carboxylic acids is 1. The SMILES string of the molecule is CCCCn1c(=O)c(NC(=O)C23CC4CC(CC2C4)C3)c2n(c1=O)CCCN2. The molecule has 4 aliphatic carbocycles. The summed E-state index contributed by atoms with van der Waals surface area (Å²) >= 11 is 0. The first-order chi connectivity index (χ1) is 13.5. The molecule has 4 saturated carbocycles. The molecule has 1 aliphatic heterocycles. The van der Waals surface area contributed by atoms with Crippen molar-refractivity contribution in [2.75, 3.05) is 17.2 Å². The van der Waals surface area contributed by atoms with E-state index in [0.717, 1.165) is 44.9 Å². The van der Waals surface area contributed by atoms with Gasteiger partial charge in [0.05, 0.1) is 5.41 Å². The van der Waals surface area contributed by atoms with Gasteiger partial charge in [-0.2, -0.15) is 0 Å². The minimum atomic E-state index is -0.360. The third kappa shape index (κ3) is 2.51. The van der Waals surface area contributed by atoms with Gasteiger partial charge in [-0.05, 0) is 62.7 Å². The fourth-order valence-electron chi connectivity index (χ4n) is 6.57. The first-order valence-electron chi connectivity index (χ1n) is 11.0. The number of nitrogens with one attached hydrogen (secondary N) is 2. The van der Waals surface area contributed by atoms with E-state index < -0.39 is 0 Å². The molecule has 2 heterocycles. The van der Waals surface area contributed by atoms with Crippen molar-refractivity contribution in [2.24, 2.45) is 23.2 Å². The number of unbranched alkanes of at least 4 members (excludes halogenated alkanes) is 1. The molecule has 7 nitrogen and oxygen atoms in total. The van der Waals surface area contributed by atoms with Crippen molar-refractivity contribution in [2.45, 2.75) is 71.4 Å². The van der Waals surface area contributed by atoms with E-state index in [0.29, 0.717) is 43.2 Å². The number of aromatic nitrogens is 2. The molecule has 5 aliphatic rings. The van der Waals surface area contributed by atoms with Gasteiger partial charge in [-0.3, -0.25) is 18.7 Å². The Labute approximate surface area is 164 Å². The molecule has 0 radical (unpaired) electrons. The van der Waals surface area contributed by atoms with Crippen LogP contribution in [0.2, 0.25) is 0 Å². The maximum absolute atomic E-state index is 13.5. The monoisotopic (exact) mass is 386 g/mol. The van der Waals surface area contributed by atoms with Gasteiger partial charge in [0.15, 0.2) is 0 Å². The van der Waals surface area contributed by atoms with Crippen molar-refractivity contribution in [3.63, 3.8) is 0 Å². The quantitative estimate of drug-likeness (QED) is 0.814. The predicted molar refractivity (Wildman–Crippen MR) is 108 cm³/mol. The highest BCUT2D eigenvalue weighted by Gasteiger charge is 2.61. The molecule has 1 aromatic heterocycles. The number of anilines is 2. The standard InChI is InChI=1S/C21H30N4O3/c1-2-3-6-25-18(26)16(17-22-5-4-7-24(17)20(25)28)23-19(27)21-11-13-8-14(12-21)10-15(21)9-13/h13-15,22H,2-12H2,1H3,(H,23,27). The van der Waals surface area contributed by atoms with Crippen molar-refractivity contribution in [3.05, 3.63) is 20.8 Å². The predicted octanol–water partition coefficient (Wildman–Crippen LogP) is 2.39. The summed E-state index contributed by atoms with van der Waals surface area (Å²) in [6.45, 7) is 3.72. The van der Waals surface area contributed by atoms with Crippen LogP contribution in [0.15, 0.2) is 9.59 Å². The molecule has 2 unspecified atom stereocenters. The topological polar surface area (TPSA) is 85.1 Å². The first-order valence-corrected chi connectivity index (χ1v) is 11.0. The lowest BCUT2D eigenvalue weighted by molar-refractivity contribution is -0.127. The maximum Gasteiger partial charge on any atom is 0.332 e. The molecule has 0 saturated heterocycles. The third-order valence-corrected chi connectivity index (χ3v) is 7.69. The van der Waals surface area contributed by atoms with E-state index in [1.807, 2.05) is 6.92 Å². The molecular formula is C21H30N4O3. The number of hydrogen-bond acceptors (Lipinski definition) is 4. The minimum absolute atomic E-state index is 0.00941. The van der Waals surface area contributed by atoms with E-state index in [4.69, 9.17) is 0 Å². The highest BCUT2D eigenvalue weighted by molar-refractivity contribution is 5.98. The lowest BCUT2D eigenvalue weighted by Crippen LogP contribution is -2.46. The molecule has 0 spiro atoms. The second kappa shape index (κ2) is 6.49. The van der Waals surface area contributed by atoms with E-state index >= 15 is 0 Å². The van der Waals surface area contributed by atoms with Crippen LogP contribution in [0.25, 0.3) is 0 Å². The summed E-state index contributed by atoms with van der Waals surface area (Å²) in [7, 11) is 0. The van der Waals surface area contributed by atoms with Crippen LogP contribution < -0.4 is 21.9 Å². The van der Waals surface area contributed by atoms with Crippen molar-refractivity contribution in [3.8, 4) is 0 Å². The lowest BCUT2D eigenvalue weighted by Gasteiger charge is -2.32. The summed E-state index contributed by atoms with van der Waals surface area (Å²) in [5.41, 5.74) is -0.642. The van der Waals surface area contributed by atoms with Gasteiger partial charge in [0, 0.05) is 19.6 Å². The summed E-state index contributed by atoms with van der Waals surface area (Å²) in [4.78, 5) is 39.5. The van der Waals surface area contributed by atoms with Crippen LogP contribution in [0, 0.1) is 23.2 Å². The number of carbonyl (C=O) groups is 1. The van der Waals surface area contributed by atoms with Crippen molar-refractivity contribution in [1.82, 2.24) is 9.13 Å².